The molecule has 459 valence electrons. The van der Waals surface area contributed by atoms with E-state index in [2.05, 4.69) is 177 Å². The highest BCUT2D eigenvalue weighted by atomic mass is 28.3. The number of nitrogens with zero attached hydrogens (tertiary/aromatic N) is 4. The third-order valence-electron chi connectivity index (χ3n) is 17.9. The Morgan fingerprint density at radius 3 is 0.815 bits per heavy atom. The zero-order chi connectivity index (χ0) is 63.4. The summed E-state index contributed by atoms with van der Waals surface area (Å²) in [6, 6.07) is 78.7. The van der Waals surface area contributed by atoms with Crippen molar-refractivity contribution in [2.45, 2.75) is 0 Å². The highest BCUT2D eigenvalue weighted by molar-refractivity contribution is 7.23. The van der Waals surface area contributed by atoms with E-state index < -0.39 is 16.9 Å². The first-order valence-corrected chi connectivity index (χ1v) is 33.5. The van der Waals surface area contributed by atoms with Crippen LogP contribution in [0.3, 0.4) is 0 Å². The lowest BCUT2D eigenvalue weighted by Crippen LogP contribution is -2.79. The van der Waals surface area contributed by atoms with E-state index in [1.165, 1.54) is 0 Å². The van der Waals surface area contributed by atoms with Crippen LogP contribution in [0.4, 0.5) is 68.2 Å². The number of ether oxygens (including phenoxy) is 10. The minimum atomic E-state index is -3.53. The summed E-state index contributed by atoms with van der Waals surface area (Å²) in [4.78, 5) is 9.38. The molecule has 3 aliphatic heterocycles. The zero-order valence-electron chi connectivity index (χ0n) is 52.7. The summed E-state index contributed by atoms with van der Waals surface area (Å²) >= 11 is 0. The summed E-state index contributed by atoms with van der Waals surface area (Å²) in [6.45, 7) is 0. The monoisotopic (exact) mass is 1250 g/mol. The second kappa shape index (κ2) is 24.1. The van der Waals surface area contributed by atoms with Gasteiger partial charge in [0.1, 0.15) is 57.5 Å². The second-order valence-electron chi connectivity index (χ2n) is 22.3. The van der Waals surface area contributed by atoms with Crippen LogP contribution in [0, 0.1) is 0 Å². The van der Waals surface area contributed by atoms with Crippen molar-refractivity contribution in [2.24, 2.45) is 0 Å². The summed E-state index contributed by atoms with van der Waals surface area (Å²) < 4.78 is 60.3. The van der Waals surface area contributed by atoms with Crippen molar-refractivity contribution in [1.82, 2.24) is 0 Å². The maximum absolute atomic E-state index is 6.24. The van der Waals surface area contributed by atoms with E-state index in [1.54, 1.807) is 71.1 Å². The fourth-order valence-electron chi connectivity index (χ4n) is 13.6. The van der Waals surface area contributed by atoms with Crippen LogP contribution in [0.25, 0.3) is 0 Å². The van der Waals surface area contributed by atoms with Gasteiger partial charge < -0.3 is 67.0 Å². The topological polar surface area (TPSA) is 105 Å². The smallest absolute Gasteiger partial charge is 0.188 e. The molecule has 11 aromatic carbocycles. The first-order chi connectivity index (χ1) is 45.1. The quantitative estimate of drug-likeness (QED) is 0.0808. The highest BCUT2D eigenvalue weighted by Gasteiger charge is 2.55. The third kappa shape index (κ3) is 9.59. The Hall–Kier alpha value is -10.9. The Labute approximate surface area is 538 Å². The van der Waals surface area contributed by atoms with Crippen molar-refractivity contribution in [3.63, 3.8) is 0 Å². The van der Waals surface area contributed by atoms with E-state index in [-0.39, 0.29) is 0 Å². The lowest BCUT2D eigenvalue weighted by atomic mass is 10.1. The van der Waals surface area contributed by atoms with E-state index in [9.17, 15) is 0 Å². The Morgan fingerprint density at radius 1 is 0.250 bits per heavy atom. The summed E-state index contributed by atoms with van der Waals surface area (Å²) in [7, 11) is 11.6. The summed E-state index contributed by atoms with van der Waals surface area (Å²) in [5.74, 6) is 7.42. The molecule has 11 aromatic rings. The first-order valence-electron chi connectivity index (χ1n) is 30.0. The molecule has 0 fully saturated rings. The molecule has 0 unspecified atom stereocenters. The molecule has 0 N–H and O–H groups in total. The number of hydrogen-bond acceptors (Lipinski definition) is 14. The molecule has 0 saturated heterocycles. The van der Waals surface area contributed by atoms with E-state index in [0.29, 0.717) is 0 Å². The molecule has 92 heavy (non-hydrogen) atoms. The fourth-order valence-corrected chi connectivity index (χ4v) is 22.1. The first kappa shape index (κ1) is 58.7. The molecular formula is C76H67N4O10Si2. The van der Waals surface area contributed by atoms with Crippen molar-refractivity contribution < 1.29 is 47.4 Å². The minimum absolute atomic E-state index is 0.725. The molecule has 0 atom stereocenters. The van der Waals surface area contributed by atoms with Gasteiger partial charge in [-0.15, -0.1) is 0 Å². The van der Waals surface area contributed by atoms with Gasteiger partial charge in [0.2, 0.25) is 0 Å². The minimum Gasteiger partial charge on any atom is -0.497 e. The Kier molecular flexibility index (Phi) is 15.4. The lowest BCUT2D eigenvalue weighted by Gasteiger charge is -2.50. The summed E-state index contributed by atoms with van der Waals surface area (Å²) in [6.07, 6.45) is 0. The van der Waals surface area contributed by atoms with Gasteiger partial charge in [-0.3, -0.25) is 0 Å². The van der Waals surface area contributed by atoms with Crippen molar-refractivity contribution in [3.05, 3.63) is 224 Å². The SMILES string of the molecule is COc1ccc(N(c2ccc(N3c4ccc(OC)cc4[Si]4(c5cc(OC)ccc5N(c5ccc(OC)cc5)c5ccc(OC)cc54)c4cc(OC)ccc43)cc2)c2ccc(OC)cc2[Si]2c3cc(OC)ccc3N(c3ccc(OC)cc3)c3ccc(OC)cc32)cc1. The van der Waals surface area contributed by atoms with Gasteiger partial charge in [-0.05, 0) is 261 Å². The van der Waals surface area contributed by atoms with Crippen molar-refractivity contribution in [3.8, 4) is 57.5 Å². The van der Waals surface area contributed by atoms with Crippen molar-refractivity contribution >= 4 is 121 Å². The van der Waals surface area contributed by atoms with Crippen LogP contribution < -0.4 is 103 Å². The van der Waals surface area contributed by atoms with Gasteiger partial charge in [0, 0.05) is 68.2 Å². The Balaban J connectivity index is 0.979. The summed E-state index contributed by atoms with van der Waals surface area (Å²) in [5, 5.41) is 7.78. The van der Waals surface area contributed by atoms with Crippen LogP contribution >= 0.6 is 0 Å². The Morgan fingerprint density at radius 2 is 0.489 bits per heavy atom. The van der Waals surface area contributed by atoms with Gasteiger partial charge >= 0.3 is 0 Å². The molecule has 16 heteroatoms. The number of rotatable bonds is 17. The van der Waals surface area contributed by atoms with Gasteiger partial charge in [0.05, 0.1) is 71.1 Å². The number of methoxy groups -OCH3 is 10. The van der Waals surface area contributed by atoms with Gasteiger partial charge in [0.25, 0.3) is 0 Å². The van der Waals surface area contributed by atoms with E-state index in [4.69, 9.17) is 47.4 Å². The van der Waals surface area contributed by atoms with Crippen molar-refractivity contribution in [2.75, 3.05) is 90.7 Å². The van der Waals surface area contributed by atoms with E-state index >= 15 is 0 Å². The van der Waals surface area contributed by atoms with Crippen LogP contribution in [0.5, 0.6) is 57.5 Å². The maximum atomic E-state index is 6.24. The fraction of sp³-hybridized carbons (Fsp3) is 0.132. The molecule has 0 aliphatic carbocycles. The van der Waals surface area contributed by atoms with Crippen LogP contribution in [0.2, 0.25) is 0 Å². The predicted molar refractivity (Wildman–Crippen MR) is 373 cm³/mol. The third-order valence-corrected chi connectivity index (χ3v) is 25.5. The molecule has 1 spiro atoms. The molecule has 3 heterocycles. The van der Waals surface area contributed by atoms with Crippen LogP contribution in [0.1, 0.15) is 0 Å². The number of benzene rings is 11. The van der Waals surface area contributed by atoms with Crippen LogP contribution in [-0.2, 0) is 0 Å². The maximum Gasteiger partial charge on any atom is 0.188 e. The van der Waals surface area contributed by atoms with Crippen LogP contribution in [0.15, 0.2) is 224 Å². The average Bonchev–Trinajstić information content (AvgIpc) is 0.676. The number of anilines is 12. The number of fused-ring (bicyclic) bond motifs is 10. The molecule has 0 saturated carbocycles. The van der Waals surface area contributed by atoms with Gasteiger partial charge in [0.15, 0.2) is 16.9 Å². The molecule has 0 bridgehead atoms. The molecule has 3 aliphatic rings. The number of hydrogen-bond donors (Lipinski definition) is 0. The predicted octanol–water partition coefficient (Wildman–Crippen LogP) is 12.5. The molecule has 14 nitrogen and oxygen atoms in total. The molecular weight excluding hydrogens is 1190 g/mol. The highest BCUT2D eigenvalue weighted by Crippen LogP contribution is 2.48. The normalized spacial score (nSPS) is 13.1. The van der Waals surface area contributed by atoms with Gasteiger partial charge in [-0.25, -0.2) is 0 Å². The standard InChI is InChI=1S/C76H67N4O10Si2/c1-81-53-21-15-49(16-22-53)77(63-34-27-56(84-4)41-70(63)91-71-42-57(85-5)28-35-64(71)78(51-17-23-54(82-2)24-18-51)65-36-29-58(86-6)43-72(65)91)48-11-13-50(14-12-48)79-66-37-30-59(87-7)44-73(66)92(74-45-60(88-8)31-38-67(74)79)75-46-61(89-9)32-39-68(75)80(52-19-25-55(83-3)26-20-52)69-40-33-62(90-10)47-76(69)92/h11-47H,1-10H3. The molecule has 14 rings (SSSR count). The van der Waals surface area contributed by atoms with Gasteiger partial charge in [-0.1, -0.05) is 0 Å². The lowest BCUT2D eigenvalue weighted by molar-refractivity contribution is 0.414. The van der Waals surface area contributed by atoms with E-state index in [0.717, 1.165) is 162 Å². The van der Waals surface area contributed by atoms with Crippen LogP contribution in [-0.4, -0.2) is 88.0 Å². The van der Waals surface area contributed by atoms with Crippen molar-refractivity contribution in [1.29, 1.82) is 0 Å². The largest absolute Gasteiger partial charge is 0.497 e. The average molecular weight is 1250 g/mol. The molecule has 0 aromatic heterocycles. The van der Waals surface area contributed by atoms with E-state index in [1.807, 2.05) is 66.7 Å². The Bertz CT molecular complexity index is 4390. The molecule has 1 radical (unpaired) electrons. The van der Waals surface area contributed by atoms with Gasteiger partial charge in [-0.2, -0.15) is 0 Å². The molecule has 0 amide bonds. The zero-order valence-corrected chi connectivity index (χ0v) is 54.7. The second-order valence-corrected chi connectivity index (χ2v) is 28.3. The summed E-state index contributed by atoms with van der Waals surface area (Å²) in [5.41, 5.74) is 11.8.